The molecular weight excluding hydrogens is 252 g/mol. The summed E-state index contributed by atoms with van der Waals surface area (Å²) in [6.45, 7) is 2.53. The van der Waals surface area contributed by atoms with Gasteiger partial charge in [0.25, 0.3) is 0 Å². The topological polar surface area (TPSA) is 59.9 Å². The minimum atomic E-state index is 0.407. The third-order valence-electron chi connectivity index (χ3n) is 3.01. The zero-order valence-corrected chi connectivity index (χ0v) is 12.2. The number of pyridine rings is 1. The van der Waals surface area contributed by atoms with Crippen LogP contribution in [-0.4, -0.2) is 29.1 Å². The van der Waals surface area contributed by atoms with E-state index in [1.807, 2.05) is 19.3 Å². The molecule has 0 aliphatic carbocycles. The van der Waals surface area contributed by atoms with Crippen molar-refractivity contribution in [1.29, 1.82) is 0 Å². The monoisotopic (exact) mass is 272 g/mol. The maximum Gasteiger partial charge on any atom is 0.156 e. The second-order valence-electron chi connectivity index (χ2n) is 4.53. The van der Waals surface area contributed by atoms with Crippen molar-refractivity contribution in [2.45, 2.75) is 26.4 Å². The van der Waals surface area contributed by atoms with Crippen molar-refractivity contribution in [2.75, 3.05) is 19.5 Å². The first-order chi connectivity index (χ1) is 9.75. The number of ether oxygens (including phenoxy) is 1. The Morgan fingerprint density at radius 1 is 1.20 bits per heavy atom. The Morgan fingerprint density at radius 3 is 2.65 bits per heavy atom. The zero-order chi connectivity index (χ0) is 14.4. The third-order valence-corrected chi connectivity index (χ3v) is 3.01. The van der Waals surface area contributed by atoms with Gasteiger partial charge in [0.1, 0.15) is 12.4 Å². The van der Waals surface area contributed by atoms with Crippen LogP contribution in [0.15, 0.2) is 24.4 Å². The molecule has 0 spiro atoms. The summed E-state index contributed by atoms with van der Waals surface area (Å²) in [5, 5.41) is 3.04. The van der Waals surface area contributed by atoms with Gasteiger partial charge in [0, 0.05) is 38.5 Å². The first-order valence-electron chi connectivity index (χ1n) is 6.72. The van der Waals surface area contributed by atoms with Gasteiger partial charge >= 0.3 is 0 Å². The van der Waals surface area contributed by atoms with Crippen LogP contribution < -0.4 is 5.32 Å². The van der Waals surface area contributed by atoms with E-state index in [4.69, 9.17) is 4.74 Å². The molecule has 0 saturated carbocycles. The second kappa shape index (κ2) is 6.96. The van der Waals surface area contributed by atoms with Crippen LogP contribution in [0.5, 0.6) is 0 Å². The van der Waals surface area contributed by atoms with Crippen LogP contribution in [0, 0.1) is 0 Å². The minimum absolute atomic E-state index is 0.407. The van der Waals surface area contributed by atoms with E-state index in [0.29, 0.717) is 18.9 Å². The van der Waals surface area contributed by atoms with Crippen LogP contribution in [0.25, 0.3) is 0 Å². The Hall–Kier alpha value is -2.01. The Bertz CT molecular complexity index is 554. The van der Waals surface area contributed by atoms with Crippen LogP contribution in [-0.2, 0) is 24.2 Å². The average Bonchev–Trinajstić information content (AvgIpc) is 2.48. The summed E-state index contributed by atoms with van der Waals surface area (Å²) >= 11 is 0. The molecule has 0 radical (unpaired) electrons. The highest BCUT2D eigenvalue weighted by molar-refractivity contribution is 5.36. The maximum atomic E-state index is 5.09. The molecule has 106 valence electrons. The van der Waals surface area contributed by atoms with E-state index in [-0.39, 0.29) is 0 Å². The highest BCUT2D eigenvalue weighted by Crippen LogP contribution is 2.11. The molecule has 0 aliphatic heterocycles. The molecule has 20 heavy (non-hydrogen) atoms. The number of methoxy groups -OCH3 is 1. The van der Waals surface area contributed by atoms with Gasteiger partial charge in [-0.1, -0.05) is 13.0 Å². The smallest absolute Gasteiger partial charge is 0.156 e. The van der Waals surface area contributed by atoms with E-state index >= 15 is 0 Å². The van der Waals surface area contributed by atoms with Crippen LogP contribution >= 0.6 is 0 Å². The van der Waals surface area contributed by atoms with Gasteiger partial charge in [-0.25, -0.2) is 9.97 Å². The van der Waals surface area contributed by atoms with Crippen LogP contribution in [0.3, 0.4) is 0 Å². The molecule has 0 atom stereocenters. The molecule has 0 bridgehead atoms. The quantitative estimate of drug-likeness (QED) is 0.873. The van der Waals surface area contributed by atoms with E-state index in [9.17, 15) is 0 Å². The molecule has 5 nitrogen and oxygen atoms in total. The molecule has 2 heterocycles. The first kappa shape index (κ1) is 14.4. The van der Waals surface area contributed by atoms with E-state index in [0.717, 1.165) is 23.6 Å². The fraction of sp³-hybridized carbons (Fsp3) is 0.400. The molecule has 0 amide bonds. The third kappa shape index (κ3) is 3.74. The van der Waals surface area contributed by atoms with Crippen molar-refractivity contribution < 1.29 is 4.74 Å². The summed E-state index contributed by atoms with van der Waals surface area (Å²) in [5.41, 5.74) is 3.19. The number of anilines is 1. The van der Waals surface area contributed by atoms with Crippen LogP contribution in [0.2, 0.25) is 0 Å². The van der Waals surface area contributed by atoms with Gasteiger partial charge in [-0.3, -0.25) is 4.98 Å². The molecule has 0 fully saturated rings. The Balaban J connectivity index is 2.20. The first-order valence-corrected chi connectivity index (χ1v) is 6.72. The fourth-order valence-corrected chi connectivity index (χ4v) is 1.92. The molecule has 2 rings (SSSR count). The molecule has 0 unspecified atom stereocenters. The van der Waals surface area contributed by atoms with Crippen molar-refractivity contribution in [3.05, 3.63) is 47.2 Å². The molecule has 0 aromatic carbocycles. The minimum Gasteiger partial charge on any atom is -0.377 e. The normalized spacial score (nSPS) is 10.6. The number of hydrogen-bond acceptors (Lipinski definition) is 5. The van der Waals surface area contributed by atoms with Gasteiger partial charge in [0.2, 0.25) is 0 Å². The van der Waals surface area contributed by atoms with Gasteiger partial charge in [0.15, 0.2) is 5.82 Å². The lowest BCUT2D eigenvalue weighted by molar-refractivity contribution is 0.177. The fourth-order valence-electron chi connectivity index (χ4n) is 1.92. The average molecular weight is 272 g/mol. The standard InChI is InChI=1S/C15H20N4O/c1-4-11-5-6-12(17-9-11)7-13-8-14(16-2)19-15(18-13)10-20-3/h5-6,8-9H,4,7,10H2,1-3H3,(H,16,18,19). The highest BCUT2D eigenvalue weighted by Gasteiger charge is 2.06. The Labute approximate surface area is 119 Å². The summed E-state index contributed by atoms with van der Waals surface area (Å²) in [6.07, 6.45) is 3.62. The van der Waals surface area contributed by atoms with Crippen LogP contribution in [0.4, 0.5) is 5.82 Å². The predicted octanol–water partition coefficient (Wildman–Crippen LogP) is 2.21. The van der Waals surface area contributed by atoms with E-state index in [1.165, 1.54) is 5.56 Å². The largest absolute Gasteiger partial charge is 0.377 e. The van der Waals surface area contributed by atoms with E-state index in [1.54, 1.807) is 7.11 Å². The number of rotatable bonds is 6. The lowest BCUT2D eigenvalue weighted by atomic mass is 10.1. The van der Waals surface area contributed by atoms with Gasteiger partial charge in [-0.05, 0) is 18.1 Å². The highest BCUT2D eigenvalue weighted by atomic mass is 16.5. The van der Waals surface area contributed by atoms with Crippen LogP contribution in [0.1, 0.15) is 29.7 Å². The van der Waals surface area contributed by atoms with Crippen molar-refractivity contribution in [1.82, 2.24) is 15.0 Å². The number of nitrogens with one attached hydrogen (secondary N) is 1. The molecule has 5 heteroatoms. The summed E-state index contributed by atoms with van der Waals surface area (Å²) in [6, 6.07) is 6.10. The Morgan fingerprint density at radius 2 is 2.05 bits per heavy atom. The zero-order valence-electron chi connectivity index (χ0n) is 12.2. The van der Waals surface area contributed by atoms with Crippen molar-refractivity contribution in [3.63, 3.8) is 0 Å². The summed E-state index contributed by atoms with van der Waals surface area (Å²) < 4.78 is 5.09. The predicted molar refractivity (Wildman–Crippen MR) is 78.7 cm³/mol. The summed E-state index contributed by atoms with van der Waals surface area (Å²) in [5.74, 6) is 1.48. The second-order valence-corrected chi connectivity index (χ2v) is 4.53. The van der Waals surface area contributed by atoms with Crippen molar-refractivity contribution in [2.24, 2.45) is 0 Å². The van der Waals surface area contributed by atoms with E-state index < -0.39 is 0 Å². The maximum absolute atomic E-state index is 5.09. The number of aryl methyl sites for hydroxylation is 1. The number of aromatic nitrogens is 3. The van der Waals surface area contributed by atoms with E-state index in [2.05, 4.69) is 39.3 Å². The van der Waals surface area contributed by atoms with Gasteiger partial charge in [0.05, 0.1) is 5.69 Å². The molecule has 0 saturated heterocycles. The van der Waals surface area contributed by atoms with Crippen molar-refractivity contribution in [3.8, 4) is 0 Å². The summed E-state index contributed by atoms with van der Waals surface area (Å²) in [7, 11) is 3.48. The molecule has 0 aliphatic rings. The van der Waals surface area contributed by atoms with Gasteiger partial charge in [-0.15, -0.1) is 0 Å². The summed E-state index contributed by atoms with van der Waals surface area (Å²) in [4.78, 5) is 13.3. The number of hydrogen-bond donors (Lipinski definition) is 1. The molecule has 1 N–H and O–H groups in total. The lowest BCUT2D eigenvalue weighted by Gasteiger charge is -2.07. The van der Waals surface area contributed by atoms with Gasteiger partial charge < -0.3 is 10.1 Å². The SMILES string of the molecule is CCc1ccc(Cc2cc(NC)nc(COC)n2)nc1. The molecule has 2 aromatic heterocycles. The molecule has 2 aromatic rings. The van der Waals surface area contributed by atoms with Crippen molar-refractivity contribution >= 4 is 5.82 Å². The van der Waals surface area contributed by atoms with Gasteiger partial charge in [-0.2, -0.15) is 0 Å². The Kier molecular flexibility index (Phi) is 5.01. The lowest BCUT2D eigenvalue weighted by Crippen LogP contribution is -2.05. The molecular formula is C15H20N4O. The number of nitrogens with zero attached hydrogens (tertiary/aromatic N) is 3.